The predicted molar refractivity (Wildman–Crippen MR) is 95.6 cm³/mol. The third-order valence-electron chi connectivity index (χ3n) is 4.43. The van der Waals surface area contributed by atoms with E-state index in [4.69, 9.17) is 0 Å². The van der Waals surface area contributed by atoms with Crippen molar-refractivity contribution in [1.82, 2.24) is 4.57 Å². The van der Waals surface area contributed by atoms with Gasteiger partial charge in [-0.1, -0.05) is 48.5 Å². The van der Waals surface area contributed by atoms with Crippen LogP contribution in [0.1, 0.15) is 25.5 Å². The molecule has 2 aromatic heterocycles. The van der Waals surface area contributed by atoms with Gasteiger partial charge in [0.1, 0.15) is 5.52 Å². The minimum absolute atomic E-state index is 0. The lowest BCUT2D eigenvalue weighted by atomic mass is 10.2. The van der Waals surface area contributed by atoms with Gasteiger partial charge >= 0.3 is 0 Å². The molecule has 0 radical (unpaired) electrons. The summed E-state index contributed by atoms with van der Waals surface area (Å²) in [4.78, 5) is 0. The van der Waals surface area contributed by atoms with Gasteiger partial charge in [-0.3, -0.25) is 0 Å². The number of fused-ring (bicyclic) bond motifs is 3. The van der Waals surface area contributed by atoms with E-state index in [1.165, 1.54) is 27.4 Å². The first-order chi connectivity index (χ1) is 11.2. The highest BCUT2D eigenvalue weighted by Crippen LogP contribution is 2.30. The number of hydrogen-bond donors (Lipinski definition) is 0. The van der Waals surface area contributed by atoms with Crippen LogP contribution in [-0.2, 0) is 6.54 Å². The Labute approximate surface area is 153 Å². The van der Waals surface area contributed by atoms with Gasteiger partial charge in [-0.05, 0) is 19.9 Å². The fraction of sp³-hybridized carbons (Fsp3) is 0.190. The van der Waals surface area contributed by atoms with Crippen molar-refractivity contribution in [3.05, 3.63) is 78.6 Å². The second-order valence-electron chi connectivity index (χ2n) is 6.38. The molecule has 122 valence electrons. The van der Waals surface area contributed by atoms with Gasteiger partial charge in [0, 0.05) is 34.0 Å². The lowest BCUT2D eigenvalue weighted by Gasteiger charge is -2.10. The minimum atomic E-state index is 0. The number of aromatic nitrogens is 2. The topological polar surface area (TPSA) is 8.81 Å². The molecule has 2 aromatic carbocycles. The number of nitrogens with zero attached hydrogens (tertiary/aromatic N) is 2. The third kappa shape index (κ3) is 2.84. The zero-order valence-corrected chi connectivity index (χ0v) is 15.6. The highest BCUT2D eigenvalue weighted by molar-refractivity contribution is 6.07. The Bertz CT molecular complexity index is 971. The Hall–Kier alpha value is -2.13. The summed E-state index contributed by atoms with van der Waals surface area (Å²) in [6, 6.07) is 22.0. The molecule has 4 aromatic rings. The maximum absolute atomic E-state index is 2.44. The second kappa shape index (κ2) is 6.78. The average Bonchev–Trinajstić information content (AvgIpc) is 2.89. The molecule has 4 rings (SSSR count). The zero-order chi connectivity index (χ0) is 15.8. The van der Waals surface area contributed by atoms with E-state index < -0.39 is 0 Å². The Morgan fingerprint density at radius 1 is 0.833 bits per heavy atom. The summed E-state index contributed by atoms with van der Waals surface area (Å²) in [5, 5.41) is 2.67. The number of rotatable bonds is 3. The first kappa shape index (κ1) is 16.7. The summed E-state index contributed by atoms with van der Waals surface area (Å²) < 4.78 is 4.71. The molecular formula is C21H21BrN2. The van der Waals surface area contributed by atoms with Crippen LogP contribution in [0.5, 0.6) is 0 Å². The molecule has 24 heavy (non-hydrogen) atoms. The third-order valence-corrected chi connectivity index (χ3v) is 4.43. The van der Waals surface area contributed by atoms with Crippen molar-refractivity contribution in [3.63, 3.8) is 0 Å². The molecule has 3 heteroatoms. The lowest BCUT2D eigenvalue weighted by Crippen LogP contribution is -3.00. The van der Waals surface area contributed by atoms with Gasteiger partial charge in [0.2, 0.25) is 0 Å². The summed E-state index contributed by atoms with van der Waals surface area (Å²) in [5.41, 5.74) is 3.94. The van der Waals surface area contributed by atoms with Gasteiger partial charge in [0.15, 0.2) is 18.9 Å². The number of halogens is 1. The predicted octanol–water partition coefficient (Wildman–Crippen LogP) is 1.72. The number of pyridine rings is 1. The van der Waals surface area contributed by atoms with Gasteiger partial charge in [0.25, 0.3) is 0 Å². The molecule has 0 N–H and O–H groups in total. The Morgan fingerprint density at radius 2 is 1.50 bits per heavy atom. The van der Waals surface area contributed by atoms with Crippen LogP contribution in [0.25, 0.3) is 21.8 Å². The van der Waals surface area contributed by atoms with Crippen molar-refractivity contribution < 1.29 is 21.5 Å². The van der Waals surface area contributed by atoms with E-state index in [1.54, 1.807) is 0 Å². The van der Waals surface area contributed by atoms with Gasteiger partial charge in [-0.2, -0.15) is 4.57 Å². The van der Waals surface area contributed by atoms with E-state index in [1.807, 2.05) is 0 Å². The van der Waals surface area contributed by atoms with Crippen LogP contribution in [0.2, 0.25) is 0 Å². The first-order valence-electron chi connectivity index (χ1n) is 8.20. The summed E-state index contributed by atoms with van der Waals surface area (Å²) in [6.07, 6.45) is 4.47. The van der Waals surface area contributed by atoms with Crippen LogP contribution in [0.3, 0.4) is 0 Å². The Morgan fingerprint density at radius 3 is 2.25 bits per heavy atom. The Kier molecular flexibility index (Phi) is 4.72. The molecular weight excluding hydrogens is 360 g/mol. The van der Waals surface area contributed by atoms with Crippen molar-refractivity contribution >= 4 is 21.8 Å². The standard InChI is InChI=1S/C21H21N2.BrH/c1-16(2)23-20-11-7-6-10-18(20)19-12-13-22(15-21(19)23)14-17-8-4-3-5-9-17;/h3-13,15-16H,14H2,1-2H3;1H/q+1;/p-1. The van der Waals surface area contributed by atoms with Crippen molar-refractivity contribution in [1.29, 1.82) is 0 Å². The highest BCUT2D eigenvalue weighted by Gasteiger charge is 2.15. The summed E-state index contributed by atoms with van der Waals surface area (Å²) in [5.74, 6) is 0. The SMILES string of the molecule is CC(C)n1c2ccccc2c2cc[n+](Cc3ccccc3)cc21.[Br-]. The van der Waals surface area contributed by atoms with E-state index in [0.29, 0.717) is 6.04 Å². The van der Waals surface area contributed by atoms with Crippen molar-refractivity contribution in [2.45, 2.75) is 26.4 Å². The normalized spacial score (nSPS) is 11.1. The Balaban J connectivity index is 0.00000169. The van der Waals surface area contributed by atoms with E-state index in [2.05, 4.69) is 96.0 Å². The monoisotopic (exact) mass is 380 g/mol. The van der Waals surface area contributed by atoms with Crippen molar-refractivity contribution in [2.75, 3.05) is 0 Å². The quantitative estimate of drug-likeness (QED) is 0.478. The largest absolute Gasteiger partial charge is 1.00 e. The van der Waals surface area contributed by atoms with Crippen LogP contribution in [0.4, 0.5) is 0 Å². The number of benzene rings is 2. The van der Waals surface area contributed by atoms with Crippen LogP contribution in [-0.4, -0.2) is 4.57 Å². The molecule has 0 fully saturated rings. The number of hydrogen-bond acceptors (Lipinski definition) is 0. The maximum Gasteiger partial charge on any atom is 0.193 e. The molecule has 2 nitrogen and oxygen atoms in total. The van der Waals surface area contributed by atoms with Gasteiger partial charge < -0.3 is 21.5 Å². The molecule has 0 bridgehead atoms. The molecule has 0 saturated heterocycles. The molecule has 0 unspecified atom stereocenters. The molecule has 0 spiro atoms. The highest BCUT2D eigenvalue weighted by atomic mass is 79.9. The summed E-state index contributed by atoms with van der Waals surface area (Å²) >= 11 is 0. The summed E-state index contributed by atoms with van der Waals surface area (Å²) in [7, 11) is 0. The van der Waals surface area contributed by atoms with Crippen molar-refractivity contribution in [2.24, 2.45) is 0 Å². The van der Waals surface area contributed by atoms with E-state index in [0.717, 1.165) is 6.54 Å². The zero-order valence-electron chi connectivity index (χ0n) is 14.0. The molecule has 0 saturated carbocycles. The smallest absolute Gasteiger partial charge is 0.193 e. The van der Waals surface area contributed by atoms with Crippen LogP contribution in [0.15, 0.2) is 73.1 Å². The fourth-order valence-electron chi connectivity index (χ4n) is 3.44. The van der Waals surface area contributed by atoms with Gasteiger partial charge in [0.05, 0.1) is 0 Å². The fourth-order valence-corrected chi connectivity index (χ4v) is 3.44. The van der Waals surface area contributed by atoms with E-state index in [-0.39, 0.29) is 17.0 Å². The van der Waals surface area contributed by atoms with E-state index >= 15 is 0 Å². The first-order valence-corrected chi connectivity index (χ1v) is 8.20. The second-order valence-corrected chi connectivity index (χ2v) is 6.38. The maximum atomic E-state index is 2.44. The molecule has 0 aliphatic heterocycles. The van der Waals surface area contributed by atoms with Gasteiger partial charge in [-0.15, -0.1) is 0 Å². The van der Waals surface area contributed by atoms with Crippen LogP contribution >= 0.6 is 0 Å². The molecule has 0 amide bonds. The van der Waals surface area contributed by atoms with E-state index in [9.17, 15) is 0 Å². The minimum Gasteiger partial charge on any atom is -1.00 e. The van der Waals surface area contributed by atoms with Gasteiger partial charge in [-0.25, -0.2) is 0 Å². The molecule has 0 aliphatic rings. The number of para-hydroxylation sites is 1. The summed E-state index contributed by atoms with van der Waals surface area (Å²) in [6.45, 7) is 5.40. The van der Waals surface area contributed by atoms with Crippen LogP contribution < -0.4 is 21.5 Å². The van der Waals surface area contributed by atoms with Crippen LogP contribution in [0, 0.1) is 0 Å². The van der Waals surface area contributed by atoms with Crippen molar-refractivity contribution in [3.8, 4) is 0 Å². The average molecular weight is 381 g/mol. The lowest BCUT2D eigenvalue weighted by molar-refractivity contribution is -0.687. The molecule has 2 heterocycles. The molecule has 0 atom stereocenters. The molecule has 0 aliphatic carbocycles.